The number of halogens is 1. The van der Waals surface area contributed by atoms with Crippen molar-refractivity contribution in [2.75, 3.05) is 23.7 Å². The molecular formula is C14H16ClNO4S. The van der Waals surface area contributed by atoms with Crippen molar-refractivity contribution in [3.05, 3.63) is 28.8 Å². The lowest BCUT2D eigenvalue weighted by Crippen LogP contribution is -2.26. The Hall–Kier alpha value is -1.26. The molecule has 1 saturated heterocycles. The minimum Gasteiger partial charge on any atom is -0.384 e. The van der Waals surface area contributed by atoms with Crippen LogP contribution in [0.25, 0.3) is 0 Å². The molecule has 5 nitrogen and oxygen atoms in total. The SMILES string of the molecule is O=S(=O)(CC1CCCO1)Nc1ccc(Cl)cc1C#CCO. The normalized spacial score (nSPS) is 18.1. The Morgan fingerprint density at radius 1 is 1.48 bits per heavy atom. The fourth-order valence-electron chi connectivity index (χ4n) is 2.07. The number of ether oxygens (including phenoxy) is 1. The maximum absolute atomic E-state index is 12.1. The first-order valence-corrected chi connectivity index (χ1v) is 8.54. The summed E-state index contributed by atoms with van der Waals surface area (Å²) < 4.78 is 32.1. The summed E-state index contributed by atoms with van der Waals surface area (Å²) in [6, 6.07) is 4.68. The molecule has 7 heteroatoms. The number of nitrogens with one attached hydrogen (secondary N) is 1. The van der Waals surface area contributed by atoms with E-state index >= 15 is 0 Å². The summed E-state index contributed by atoms with van der Waals surface area (Å²) in [5.74, 6) is 5.07. The number of benzene rings is 1. The maximum Gasteiger partial charge on any atom is 0.235 e. The van der Waals surface area contributed by atoms with Gasteiger partial charge in [-0.25, -0.2) is 8.42 Å². The zero-order valence-electron chi connectivity index (χ0n) is 11.3. The summed E-state index contributed by atoms with van der Waals surface area (Å²) in [5.41, 5.74) is 0.769. The number of aliphatic hydroxyl groups excluding tert-OH is 1. The second-order valence-corrected chi connectivity index (χ2v) is 6.87. The van der Waals surface area contributed by atoms with Gasteiger partial charge in [-0.15, -0.1) is 0 Å². The largest absolute Gasteiger partial charge is 0.384 e. The monoisotopic (exact) mass is 329 g/mol. The molecule has 1 fully saturated rings. The van der Waals surface area contributed by atoms with Gasteiger partial charge in [0.1, 0.15) is 6.61 Å². The van der Waals surface area contributed by atoms with Gasteiger partial charge in [0.15, 0.2) is 0 Å². The lowest BCUT2D eigenvalue weighted by atomic mass is 10.2. The van der Waals surface area contributed by atoms with Crippen LogP contribution in [0.4, 0.5) is 5.69 Å². The van der Waals surface area contributed by atoms with Gasteiger partial charge in [0.05, 0.1) is 23.1 Å². The molecular weight excluding hydrogens is 314 g/mol. The van der Waals surface area contributed by atoms with Gasteiger partial charge in [-0.3, -0.25) is 4.72 Å². The van der Waals surface area contributed by atoms with Crippen LogP contribution in [0.3, 0.4) is 0 Å². The van der Waals surface area contributed by atoms with Crippen molar-refractivity contribution in [3.63, 3.8) is 0 Å². The van der Waals surface area contributed by atoms with Crippen molar-refractivity contribution in [1.82, 2.24) is 0 Å². The van der Waals surface area contributed by atoms with E-state index in [1.54, 1.807) is 18.2 Å². The van der Waals surface area contributed by atoms with Gasteiger partial charge in [-0.1, -0.05) is 23.4 Å². The molecule has 0 saturated carbocycles. The molecule has 1 unspecified atom stereocenters. The van der Waals surface area contributed by atoms with E-state index in [1.165, 1.54) is 0 Å². The summed E-state index contributed by atoms with van der Waals surface area (Å²) in [6.07, 6.45) is 1.37. The Morgan fingerprint density at radius 3 is 2.95 bits per heavy atom. The molecule has 21 heavy (non-hydrogen) atoms. The van der Waals surface area contributed by atoms with Gasteiger partial charge in [0.2, 0.25) is 10.0 Å². The molecule has 0 bridgehead atoms. The van der Waals surface area contributed by atoms with E-state index in [2.05, 4.69) is 16.6 Å². The Balaban J connectivity index is 2.17. The maximum atomic E-state index is 12.1. The first kappa shape index (κ1) is 16.1. The third-order valence-electron chi connectivity index (χ3n) is 2.98. The highest BCUT2D eigenvalue weighted by Crippen LogP contribution is 2.22. The van der Waals surface area contributed by atoms with Crippen molar-refractivity contribution in [1.29, 1.82) is 0 Å². The molecule has 0 aliphatic carbocycles. The Bertz CT molecular complexity index is 657. The lowest BCUT2D eigenvalue weighted by molar-refractivity contribution is 0.127. The van der Waals surface area contributed by atoms with Crippen molar-refractivity contribution < 1.29 is 18.3 Å². The van der Waals surface area contributed by atoms with E-state index in [0.29, 0.717) is 22.9 Å². The van der Waals surface area contributed by atoms with Gasteiger partial charge in [0, 0.05) is 11.6 Å². The third kappa shape index (κ3) is 4.90. The van der Waals surface area contributed by atoms with Gasteiger partial charge < -0.3 is 9.84 Å². The van der Waals surface area contributed by atoms with Crippen LogP contribution in [0.5, 0.6) is 0 Å². The first-order chi connectivity index (χ1) is 10.00. The number of hydrogen-bond donors (Lipinski definition) is 2. The van der Waals surface area contributed by atoms with Crippen LogP contribution in [-0.4, -0.2) is 38.6 Å². The average Bonchev–Trinajstić information content (AvgIpc) is 2.90. The van der Waals surface area contributed by atoms with E-state index in [4.69, 9.17) is 21.4 Å². The number of aliphatic hydroxyl groups is 1. The molecule has 2 N–H and O–H groups in total. The molecule has 0 spiro atoms. The van der Waals surface area contributed by atoms with Crippen molar-refractivity contribution in [2.24, 2.45) is 0 Å². The second kappa shape index (κ2) is 7.14. The van der Waals surface area contributed by atoms with Gasteiger partial charge >= 0.3 is 0 Å². The average molecular weight is 330 g/mol. The highest BCUT2D eigenvalue weighted by molar-refractivity contribution is 7.92. The van der Waals surface area contributed by atoms with Crippen LogP contribution in [0.15, 0.2) is 18.2 Å². The zero-order chi connectivity index (χ0) is 15.3. The number of rotatable bonds is 4. The Labute approximate surface area is 129 Å². The van der Waals surface area contributed by atoms with Crippen molar-refractivity contribution in [3.8, 4) is 11.8 Å². The van der Waals surface area contributed by atoms with Gasteiger partial charge in [0.25, 0.3) is 0 Å². The summed E-state index contributed by atoms with van der Waals surface area (Å²) in [4.78, 5) is 0. The Kier molecular flexibility index (Phi) is 5.48. The first-order valence-electron chi connectivity index (χ1n) is 6.51. The predicted molar refractivity (Wildman–Crippen MR) is 81.8 cm³/mol. The molecule has 1 aromatic carbocycles. The quantitative estimate of drug-likeness (QED) is 0.823. The van der Waals surface area contributed by atoms with Crippen LogP contribution in [0, 0.1) is 11.8 Å². The number of anilines is 1. The summed E-state index contributed by atoms with van der Waals surface area (Å²) >= 11 is 5.88. The molecule has 114 valence electrons. The topological polar surface area (TPSA) is 75.6 Å². The molecule has 1 heterocycles. The second-order valence-electron chi connectivity index (χ2n) is 4.67. The van der Waals surface area contributed by atoms with Crippen LogP contribution >= 0.6 is 11.6 Å². The lowest BCUT2D eigenvalue weighted by Gasteiger charge is -2.13. The summed E-state index contributed by atoms with van der Waals surface area (Å²) in [7, 11) is -3.53. The molecule has 0 amide bonds. The van der Waals surface area contributed by atoms with Crippen LogP contribution in [-0.2, 0) is 14.8 Å². The number of hydrogen-bond acceptors (Lipinski definition) is 4. The molecule has 0 aromatic heterocycles. The van der Waals surface area contributed by atoms with Crippen molar-refractivity contribution in [2.45, 2.75) is 18.9 Å². The van der Waals surface area contributed by atoms with E-state index in [9.17, 15) is 8.42 Å². The van der Waals surface area contributed by atoms with E-state index in [1.807, 2.05) is 0 Å². The number of sulfonamides is 1. The minimum atomic E-state index is -3.53. The molecule has 1 aromatic rings. The van der Waals surface area contributed by atoms with E-state index in [-0.39, 0.29) is 18.5 Å². The van der Waals surface area contributed by atoms with E-state index < -0.39 is 10.0 Å². The zero-order valence-corrected chi connectivity index (χ0v) is 12.9. The summed E-state index contributed by atoms with van der Waals surface area (Å²) in [5, 5.41) is 9.19. The molecule has 0 radical (unpaired) electrons. The fraction of sp³-hybridized carbons (Fsp3) is 0.429. The minimum absolute atomic E-state index is 0.0809. The van der Waals surface area contributed by atoms with E-state index in [0.717, 1.165) is 12.8 Å². The molecule has 1 aliphatic rings. The van der Waals surface area contributed by atoms with Crippen LogP contribution < -0.4 is 4.72 Å². The van der Waals surface area contributed by atoms with Crippen molar-refractivity contribution >= 4 is 27.3 Å². The van der Waals surface area contributed by atoms with Crippen LogP contribution in [0.2, 0.25) is 5.02 Å². The van der Waals surface area contributed by atoms with Gasteiger partial charge in [-0.05, 0) is 31.0 Å². The van der Waals surface area contributed by atoms with Crippen LogP contribution in [0.1, 0.15) is 18.4 Å². The highest BCUT2D eigenvalue weighted by Gasteiger charge is 2.23. The Morgan fingerprint density at radius 2 is 2.29 bits per heavy atom. The molecule has 1 atom stereocenters. The predicted octanol–water partition coefficient (Wildman–Crippen LogP) is 1.60. The van der Waals surface area contributed by atoms with Gasteiger partial charge in [-0.2, -0.15) is 0 Å². The molecule has 1 aliphatic heterocycles. The fourth-order valence-corrected chi connectivity index (χ4v) is 3.59. The third-order valence-corrected chi connectivity index (χ3v) is 4.56. The molecule has 2 rings (SSSR count). The standard InChI is InChI=1S/C14H16ClNO4S/c15-12-5-6-14(11(9-12)3-1-7-17)16-21(18,19)10-13-4-2-8-20-13/h5-6,9,13,16-17H,2,4,7-8,10H2. The highest BCUT2D eigenvalue weighted by atomic mass is 35.5. The summed E-state index contributed by atoms with van der Waals surface area (Å²) in [6.45, 7) is 0.295. The smallest absolute Gasteiger partial charge is 0.235 e.